The largest absolute Gasteiger partial charge is 0.497 e. The van der Waals surface area contributed by atoms with Crippen LogP contribution in [-0.2, 0) is 17.8 Å². The molecule has 0 aliphatic rings. The van der Waals surface area contributed by atoms with Gasteiger partial charge in [0.2, 0.25) is 5.91 Å². The molecule has 1 heterocycles. The lowest BCUT2D eigenvalue weighted by atomic mass is 10.1. The van der Waals surface area contributed by atoms with Crippen molar-refractivity contribution in [1.82, 2.24) is 15.1 Å². The fourth-order valence-electron chi connectivity index (χ4n) is 2.94. The van der Waals surface area contributed by atoms with Crippen LogP contribution in [0.5, 0.6) is 11.5 Å². The summed E-state index contributed by atoms with van der Waals surface area (Å²) in [5.74, 6) is 1.30. The van der Waals surface area contributed by atoms with Crippen molar-refractivity contribution < 1.29 is 14.3 Å². The molecule has 0 fully saturated rings. The molecule has 156 valence electrons. The Morgan fingerprint density at radius 1 is 1.00 bits per heavy atom. The highest BCUT2D eigenvalue weighted by Gasteiger charge is 2.08. The predicted octanol–water partition coefficient (Wildman–Crippen LogP) is 2.68. The van der Waals surface area contributed by atoms with Crippen molar-refractivity contribution in [3.63, 3.8) is 0 Å². The summed E-state index contributed by atoms with van der Waals surface area (Å²) < 4.78 is 11.7. The van der Waals surface area contributed by atoms with Crippen LogP contribution in [0.15, 0.2) is 65.5 Å². The van der Waals surface area contributed by atoms with Gasteiger partial charge in [0.05, 0.1) is 19.4 Å². The van der Waals surface area contributed by atoms with Gasteiger partial charge in [-0.05, 0) is 61.4 Å². The lowest BCUT2D eigenvalue weighted by molar-refractivity contribution is -0.121. The molecule has 7 nitrogen and oxygen atoms in total. The summed E-state index contributed by atoms with van der Waals surface area (Å²) in [6.07, 6.45) is 0.685. The number of rotatable bonds is 9. The number of carbonyl (C=O) groups excluding carboxylic acids is 1. The van der Waals surface area contributed by atoms with Crippen molar-refractivity contribution in [3.8, 4) is 22.8 Å². The minimum Gasteiger partial charge on any atom is -0.497 e. The van der Waals surface area contributed by atoms with Gasteiger partial charge in [0.1, 0.15) is 18.0 Å². The maximum Gasteiger partial charge on any atom is 0.267 e. The number of hydrogen-bond acceptors (Lipinski definition) is 5. The number of hydrogen-bond donors (Lipinski definition) is 1. The summed E-state index contributed by atoms with van der Waals surface area (Å²) in [6, 6.07) is 18.2. The summed E-state index contributed by atoms with van der Waals surface area (Å²) in [4.78, 5) is 24.4. The maximum absolute atomic E-state index is 12.3. The third-order valence-corrected chi connectivity index (χ3v) is 4.52. The Morgan fingerprint density at radius 3 is 2.37 bits per heavy atom. The molecule has 3 aromatic rings. The average molecular weight is 407 g/mol. The van der Waals surface area contributed by atoms with Gasteiger partial charge in [0.25, 0.3) is 5.56 Å². The van der Waals surface area contributed by atoms with Crippen molar-refractivity contribution in [1.29, 1.82) is 0 Å². The lowest BCUT2D eigenvalue weighted by Crippen LogP contribution is -2.34. The van der Waals surface area contributed by atoms with Gasteiger partial charge >= 0.3 is 0 Å². The number of benzene rings is 2. The van der Waals surface area contributed by atoms with Crippen LogP contribution in [0.4, 0.5) is 0 Å². The van der Waals surface area contributed by atoms with Gasteiger partial charge < -0.3 is 14.8 Å². The molecular weight excluding hydrogens is 382 g/mol. The summed E-state index contributed by atoms with van der Waals surface area (Å²) in [5.41, 5.74) is 2.22. The van der Waals surface area contributed by atoms with Crippen molar-refractivity contribution in [3.05, 3.63) is 76.6 Å². The molecule has 1 amide bonds. The topological polar surface area (TPSA) is 82.5 Å². The highest BCUT2D eigenvalue weighted by atomic mass is 16.5. The quantitative estimate of drug-likeness (QED) is 0.590. The molecule has 30 heavy (non-hydrogen) atoms. The standard InChI is InChI=1S/C23H25N3O4/c1-3-30-20-10-6-18(7-11-20)21-12-13-23(28)26(25-21)16-22(27)24-15-14-17-4-8-19(29-2)9-5-17/h4-13H,3,14-16H2,1-2H3,(H,24,27). The van der Waals surface area contributed by atoms with Crippen LogP contribution in [0.2, 0.25) is 0 Å². The molecule has 7 heteroatoms. The molecule has 0 saturated heterocycles. The molecular formula is C23H25N3O4. The van der Waals surface area contributed by atoms with E-state index in [9.17, 15) is 9.59 Å². The predicted molar refractivity (Wildman–Crippen MR) is 115 cm³/mol. The summed E-state index contributed by atoms with van der Waals surface area (Å²) in [5, 5.41) is 7.16. The fourth-order valence-corrected chi connectivity index (χ4v) is 2.94. The molecule has 0 unspecified atom stereocenters. The molecule has 1 N–H and O–H groups in total. The van der Waals surface area contributed by atoms with Crippen molar-refractivity contribution >= 4 is 5.91 Å². The average Bonchev–Trinajstić information content (AvgIpc) is 2.76. The van der Waals surface area contributed by atoms with Gasteiger partial charge in [-0.3, -0.25) is 9.59 Å². The first-order valence-electron chi connectivity index (χ1n) is 9.80. The number of ether oxygens (including phenoxy) is 2. The van der Waals surface area contributed by atoms with Gasteiger partial charge in [0, 0.05) is 18.2 Å². The van der Waals surface area contributed by atoms with Crippen LogP contribution < -0.4 is 20.3 Å². The third kappa shape index (κ3) is 5.70. The first-order valence-corrected chi connectivity index (χ1v) is 9.80. The minimum atomic E-state index is -0.324. The molecule has 3 rings (SSSR count). The number of nitrogens with zero attached hydrogens (tertiary/aromatic N) is 2. The Hall–Kier alpha value is -3.61. The zero-order chi connectivity index (χ0) is 21.3. The van der Waals surface area contributed by atoms with Gasteiger partial charge in [-0.2, -0.15) is 5.10 Å². The number of aromatic nitrogens is 2. The van der Waals surface area contributed by atoms with E-state index in [2.05, 4.69) is 10.4 Å². The molecule has 0 aliphatic carbocycles. The molecule has 1 aromatic heterocycles. The van der Waals surface area contributed by atoms with Gasteiger partial charge in [-0.15, -0.1) is 0 Å². The second kappa shape index (κ2) is 10.2. The number of methoxy groups -OCH3 is 1. The summed E-state index contributed by atoms with van der Waals surface area (Å²) >= 11 is 0. The Kier molecular flexibility index (Phi) is 7.21. The van der Waals surface area contributed by atoms with Gasteiger partial charge in [-0.25, -0.2) is 4.68 Å². The molecule has 0 atom stereocenters. The van der Waals surface area contributed by atoms with E-state index >= 15 is 0 Å². The Bertz CT molecular complexity index is 1030. The maximum atomic E-state index is 12.3. The fraction of sp³-hybridized carbons (Fsp3) is 0.261. The van der Waals surface area contributed by atoms with Crippen LogP contribution in [-0.4, -0.2) is 35.9 Å². The molecule has 2 aromatic carbocycles. The number of amides is 1. The van der Waals surface area contributed by atoms with Crippen LogP contribution in [0.3, 0.4) is 0 Å². The molecule has 0 bridgehead atoms. The Morgan fingerprint density at radius 2 is 1.70 bits per heavy atom. The highest BCUT2D eigenvalue weighted by molar-refractivity contribution is 5.75. The molecule has 0 spiro atoms. The molecule has 0 saturated carbocycles. The van der Waals surface area contributed by atoms with E-state index < -0.39 is 0 Å². The summed E-state index contributed by atoms with van der Waals surface area (Å²) in [6.45, 7) is 2.86. The van der Waals surface area contributed by atoms with E-state index in [1.807, 2.05) is 55.5 Å². The lowest BCUT2D eigenvalue weighted by Gasteiger charge is -2.09. The zero-order valence-electron chi connectivity index (χ0n) is 17.1. The van der Waals surface area contributed by atoms with Gasteiger partial charge in [-0.1, -0.05) is 12.1 Å². The zero-order valence-corrected chi connectivity index (χ0v) is 17.1. The first kappa shape index (κ1) is 21.1. The molecule has 0 radical (unpaired) electrons. The first-order chi connectivity index (χ1) is 14.6. The van der Waals surface area contributed by atoms with Crippen LogP contribution in [0.25, 0.3) is 11.3 Å². The third-order valence-electron chi connectivity index (χ3n) is 4.52. The SMILES string of the molecule is CCOc1ccc(-c2ccc(=O)n(CC(=O)NCCc3ccc(OC)cc3)n2)cc1. The van der Waals surface area contributed by atoms with Crippen LogP contribution in [0.1, 0.15) is 12.5 Å². The van der Waals surface area contributed by atoms with E-state index in [0.717, 1.165) is 22.6 Å². The van der Waals surface area contributed by atoms with Crippen molar-refractivity contribution in [2.24, 2.45) is 0 Å². The smallest absolute Gasteiger partial charge is 0.267 e. The van der Waals surface area contributed by atoms with Crippen LogP contribution in [0, 0.1) is 0 Å². The Labute approximate surface area is 175 Å². The van der Waals surface area contributed by atoms with Crippen molar-refractivity contribution in [2.45, 2.75) is 19.9 Å². The summed E-state index contributed by atoms with van der Waals surface area (Å²) in [7, 11) is 1.62. The van der Waals surface area contributed by atoms with E-state index in [1.54, 1.807) is 13.2 Å². The number of carbonyl (C=O) groups is 1. The van der Waals surface area contributed by atoms with Gasteiger partial charge in [0.15, 0.2) is 0 Å². The van der Waals surface area contributed by atoms with E-state index in [-0.39, 0.29) is 18.0 Å². The second-order valence-corrected chi connectivity index (χ2v) is 6.62. The van der Waals surface area contributed by atoms with Crippen LogP contribution >= 0.6 is 0 Å². The molecule has 0 aliphatic heterocycles. The van der Waals surface area contributed by atoms with E-state index in [4.69, 9.17) is 9.47 Å². The Balaban J connectivity index is 1.59. The van der Waals surface area contributed by atoms with Crippen molar-refractivity contribution in [2.75, 3.05) is 20.3 Å². The second-order valence-electron chi connectivity index (χ2n) is 6.62. The van der Waals surface area contributed by atoms with E-state index in [0.29, 0.717) is 25.3 Å². The normalized spacial score (nSPS) is 10.5. The van der Waals surface area contributed by atoms with E-state index in [1.165, 1.54) is 10.7 Å². The monoisotopic (exact) mass is 407 g/mol. The minimum absolute atomic E-state index is 0.133. The highest BCUT2D eigenvalue weighted by Crippen LogP contribution is 2.19. The number of nitrogens with one attached hydrogen (secondary N) is 1.